The van der Waals surface area contributed by atoms with Crippen LogP contribution in [0.3, 0.4) is 0 Å². The fourth-order valence-corrected chi connectivity index (χ4v) is 4.33. The van der Waals surface area contributed by atoms with Gasteiger partial charge in [0.2, 0.25) is 0 Å². The van der Waals surface area contributed by atoms with Crippen LogP contribution in [-0.4, -0.2) is 13.1 Å². The summed E-state index contributed by atoms with van der Waals surface area (Å²) in [6.45, 7) is 6.07. The molecule has 0 spiro atoms. The molecule has 0 bridgehead atoms. The number of amides is 2. The molecule has 0 radical (unpaired) electrons. The van der Waals surface area contributed by atoms with Gasteiger partial charge in [0.15, 0.2) is 0 Å². The maximum atomic E-state index is 13.8. The van der Waals surface area contributed by atoms with Gasteiger partial charge in [0.25, 0.3) is 0 Å². The first-order valence-electron chi connectivity index (χ1n) is 10.9. The maximum Gasteiger partial charge on any atom is 0.326 e. The Hall–Kier alpha value is -3.18. The average Bonchev–Trinajstić information content (AvgIpc) is 2.80. The summed E-state index contributed by atoms with van der Waals surface area (Å²) in [5.41, 5.74) is 12.1. The molecule has 3 aromatic rings. The lowest BCUT2D eigenvalue weighted by Crippen LogP contribution is -2.37. The fourth-order valence-electron chi connectivity index (χ4n) is 3.99. The first-order chi connectivity index (χ1) is 15.4. The van der Waals surface area contributed by atoms with Crippen LogP contribution in [0.2, 0.25) is 5.02 Å². The van der Waals surface area contributed by atoms with Gasteiger partial charge in [-0.1, -0.05) is 55.8 Å². The first kappa shape index (κ1) is 23.5. The lowest BCUT2D eigenvalue weighted by atomic mass is 10.0. The maximum absolute atomic E-state index is 13.8. The predicted molar refractivity (Wildman–Crippen MR) is 137 cm³/mol. The minimum Gasteiger partial charge on any atom is -0.398 e. The van der Waals surface area contributed by atoms with Gasteiger partial charge in [-0.2, -0.15) is 0 Å². The fraction of sp³-hybridized carbons (Fsp3) is 0.269. The van der Waals surface area contributed by atoms with E-state index in [2.05, 4.69) is 10.6 Å². The van der Waals surface area contributed by atoms with Gasteiger partial charge in [-0.25, -0.2) is 4.79 Å². The van der Waals surface area contributed by atoms with Gasteiger partial charge >= 0.3 is 6.03 Å². The first-order valence-corrected chi connectivity index (χ1v) is 11.3. The predicted octanol–water partition coefficient (Wildman–Crippen LogP) is 6.89. The zero-order valence-electron chi connectivity index (χ0n) is 19.1. The molecule has 0 saturated carbocycles. The number of hydrogen-bond acceptors (Lipinski definition) is 3. The van der Waals surface area contributed by atoms with E-state index >= 15 is 0 Å². The lowest BCUT2D eigenvalue weighted by molar-refractivity contribution is 0.255. The number of nitrogens with two attached hydrogens (primary N) is 1. The third-order valence-electron chi connectivity index (χ3n) is 5.78. The Morgan fingerprint density at radius 3 is 2.22 bits per heavy atom. The highest BCUT2D eigenvalue weighted by Gasteiger charge is 2.26. The number of halogens is 1. The molecule has 1 unspecified atom stereocenters. The van der Waals surface area contributed by atoms with E-state index in [0.717, 1.165) is 28.1 Å². The number of hydrogen-bond donors (Lipinski definition) is 3. The molecule has 0 aliphatic carbocycles. The number of carbonyl (C=O) groups excluding carboxylic acids is 1. The van der Waals surface area contributed by atoms with E-state index < -0.39 is 0 Å². The quantitative estimate of drug-likeness (QED) is 0.343. The summed E-state index contributed by atoms with van der Waals surface area (Å²) in [7, 11) is 1.87. The van der Waals surface area contributed by atoms with Gasteiger partial charge in [-0.15, -0.1) is 0 Å². The van der Waals surface area contributed by atoms with Crippen LogP contribution >= 0.6 is 11.6 Å². The van der Waals surface area contributed by atoms with E-state index in [0.29, 0.717) is 29.2 Å². The van der Waals surface area contributed by atoms with Crippen LogP contribution in [0.1, 0.15) is 43.5 Å². The van der Waals surface area contributed by atoms with Crippen molar-refractivity contribution in [2.24, 2.45) is 0 Å². The lowest BCUT2D eigenvalue weighted by Gasteiger charge is -2.31. The van der Waals surface area contributed by atoms with Gasteiger partial charge in [-0.05, 0) is 66.8 Å². The Morgan fingerprint density at radius 2 is 1.66 bits per heavy atom. The molecule has 168 valence electrons. The largest absolute Gasteiger partial charge is 0.398 e. The summed E-state index contributed by atoms with van der Waals surface area (Å²) in [4.78, 5) is 15.5. The normalized spacial score (nSPS) is 11.7. The van der Waals surface area contributed by atoms with Gasteiger partial charge < -0.3 is 16.4 Å². The number of carbonyl (C=O) groups is 1. The van der Waals surface area contributed by atoms with Crippen molar-refractivity contribution in [2.75, 3.05) is 28.3 Å². The van der Waals surface area contributed by atoms with Gasteiger partial charge in [-0.3, -0.25) is 4.90 Å². The molecule has 0 aromatic heterocycles. The Balaban J connectivity index is 2.06. The zero-order valence-corrected chi connectivity index (χ0v) is 19.8. The van der Waals surface area contributed by atoms with Crippen LogP contribution in [0, 0.1) is 0 Å². The Morgan fingerprint density at radius 1 is 1.03 bits per heavy atom. The number of benzene rings is 3. The minimum atomic E-state index is -0.232. The minimum absolute atomic E-state index is 0.191. The van der Waals surface area contributed by atoms with Gasteiger partial charge in [0, 0.05) is 29.1 Å². The second-order valence-corrected chi connectivity index (χ2v) is 8.08. The van der Waals surface area contributed by atoms with Gasteiger partial charge in [0.05, 0.1) is 11.7 Å². The average molecular weight is 451 g/mol. The molecule has 0 aliphatic heterocycles. The molecule has 3 aromatic carbocycles. The van der Waals surface area contributed by atoms with E-state index in [-0.39, 0.29) is 12.1 Å². The number of nitrogens with one attached hydrogen (secondary N) is 2. The second-order valence-electron chi connectivity index (χ2n) is 7.67. The Labute approximate surface area is 195 Å². The van der Waals surface area contributed by atoms with E-state index in [1.807, 2.05) is 82.4 Å². The third-order valence-corrected chi connectivity index (χ3v) is 6.12. The molecule has 3 rings (SSSR count). The molecule has 5 nitrogen and oxygen atoms in total. The van der Waals surface area contributed by atoms with E-state index in [1.165, 1.54) is 0 Å². The summed E-state index contributed by atoms with van der Waals surface area (Å²) in [5, 5.41) is 6.83. The zero-order chi connectivity index (χ0) is 23.3. The molecule has 4 N–H and O–H groups in total. The van der Waals surface area contributed by atoms with Crippen molar-refractivity contribution in [1.82, 2.24) is 0 Å². The Bertz CT molecular complexity index is 1040. The highest BCUT2D eigenvalue weighted by Crippen LogP contribution is 2.36. The number of nitrogens with zero attached hydrogens (tertiary/aromatic N) is 1. The molecule has 0 heterocycles. The summed E-state index contributed by atoms with van der Waals surface area (Å²) < 4.78 is 0. The van der Waals surface area contributed by atoms with Crippen molar-refractivity contribution in [3.05, 3.63) is 82.4 Å². The summed E-state index contributed by atoms with van der Waals surface area (Å²) in [5.74, 6) is 0. The molecular formula is C26H31ClN4O. The molecule has 2 amide bonds. The van der Waals surface area contributed by atoms with Gasteiger partial charge in [0.1, 0.15) is 0 Å². The van der Waals surface area contributed by atoms with E-state index in [1.54, 1.807) is 11.0 Å². The van der Waals surface area contributed by atoms with Crippen molar-refractivity contribution in [3.8, 4) is 0 Å². The monoisotopic (exact) mass is 450 g/mol. The summed E-state index contributed by atoms with van der Waals surface area (Å²) >= 11 is 6.48. The smallest absolute Gasteiger partial charge is 0.326 e. The summed E-state index contributed by atoms with van der Waals surface area (Å²) in [6, 6.07) is 19.1. The third kappa shape index (κ3) is 4.83. The number of anilines is 4. The molecule has 0 saturated heterocycles. The molecule has 1 atom stereocenters. The molecule has 32 heavy (non-hydrogen) atoms. The van der Waals surface area contributed by atoms with Crippen LogP contribution in [0.25, 0.3) is 0 Å². The van der Waals surface area contributed by atoms with E-state index in [4.69, 9.17) is 17.3 Å². The van der Waals surface area contributed by atoms with Crippen LogP contribution < -0.4 is 21.3 Å². The van der Waals surface area contributed by atoms with E-state index in [9.17, 15) is 4.79 Å². The number of urea groups is 1. The van der Waals surface area contributed by atoms with Crippen LogP contribution in [0.5, 0.6) is 0 Å². The summed E-state index contributed by atoms with van der Waals surface area (Å²) in [6.07, 6.45) is 1.38. The Kier molecular flexibility index (Phi) is 7.65. The van der Waals surface area contributed by atoms with Crippen molar-refractivity contribution in [3.63, 3.8) is 0 Å². The topological polar surface area (TPSA) is 70.4 Å². The number of rotatable bonds is 7. The molecule has 0 aliphatic rings. The molecule has 0 fully saturated rings. The van der Waals surface area contributed by atoms with Crippen molar-refractivity contribution < 1.29 is 4.79 Å². The highest BCUT2D eigenvalue weighted by atomic mass is 35.5. The van der Waals surface area contributed by atoms with Crippen LogP contribution in [0.15, 0.2) is 60.7 Å². The number of nitrogen functional groups attached to an aromatic ring is 1. The van der Waals surface area contributed by atoms with Crippen LogP contribution in [-0.2, 0) is 12.8 Å². The second kappa shape index (κ2) is 10.4. The SMILES string of the molecule is CCc1c(N)cc(Cl)c(CC)c1NC(=O)N(c1ccc(NC)cc1)C(C)c1ccccc1. The standard InChI is InChI=1S/C26H31ClN4O/c1-5-21-23(27)16-24(28)22(6-2)25(21)30-26(32)31(17(3)18-10-8-7-9-11-18)20-14-12-19(29-4)13-15-20/h7-17,29H,5-6,28H2,1-4H3,(H,30,32). The van der Waals surface area contributed by atoms with Crippen molar-refractivity contribution in [2.45, 2.75) is 39.7 Å². The van der Waals surface area contributed by atoms with Crippen LogP contribution in [0.4, 0.5) is 27.5 Å². The highest BCUT2D eigenvalue weighted by molar-refractivity contribution is 6.32. The molecule has 6 heteroatoms. The van der Waals surface area contributed by atoms with Crippen molar-refractivity contribution >= 4 is 40.4 Å². The van der Waals surface area contributed by atoms with Crippen molar-refractivity contribution in [1.29, 1.82) is 0 Å². The molecular weight excluding hydrogens is 420 g/mol.